The summed E-state index contributed by atoms with van der Waals surface area (Å²) < 4.78 is 10.2. The van der Waals surface area contributed by atoms with Crippen molar-refractivity contribution in [2.45, 2.75) is 6.92 Å². The third kappa shape index (κ3) is 1.67. The lowest BCUT2D eigenvalue weighted by Gasteiger charge is -2.08. The predicted octanol–water partition coefficient (Wildman–Crippen LogP) is 2.03. The molecule has 5 nitrogen and oxygen atoms in total. The minimum atomic E-state index is 0.00722. The van der Waals surface area contributed by atoms with Crippen LogP contribution in [0.25, 0.3) is 11.3 Å². The van der Waals surface area contributed by atoms with E-state index >= 15 is 0 Å². The molecule has 0 aliphatic carbocycles. The van der Waals surface area contributed by atoms with Gasteiger partial charge in [-0.15, -0.1) is 0 Å². The fourth-order valence-corrected chi connectivity index (χ4v) is 1.43. The number of rotatable bonds is 3. The molecule has 1 aromatic heterocycles. The Labute approximate surface area is 92.4 Å². The Morgan fingerprint density at radius 2 is 2.31 bits per heavy atom. The van der Waals surface area contributed by atoms with Gasteiger partial charge >= 0.3 is 0 Å². The second-order valence-corrected chi connectivity index (χ2v) is 3.20. The monoisotopic (exact) mass is 220 g/mol. The van der Waals surface area contributed by atoms with Gasteiger partial charge in [0, 0.05) is 0 Å². The summed E-state index contributed by atoms with van der Waals surface area (Å²) in [5.74, 6) is 0.752. The molecule has 2 rings (SSSR count). The summed E-state index contributed by atoms with van der Waals surface area (Å²) in [4.78, 5) is 0. The highest BCUT2D eigenvalue weighted by atomic mass is 16.5. The minimum Gasteiger partial charge on any atom is -0.504 e. The van der Waals surface area contributed by atoms with Crippen molar-refractivity contribution in [3.05, 3.63) is 24.4 Å². The lowest BCUT2D eigenvalue weighted by Crippen LogP contribution is -1.93. The van der Waals surface area contributed by atoms with Gasteiger partial charge in [0.05, 0.1) is 18.4 Å². The van der Waals surface area contributed by atoms with Crippen molar-refractivity contribution in [3.63, 3.8) is 0 Å². The molecule has 0 bridgehead atoms. The average molecular weight is 220 g/mol. The number of nitrogens with two attached hydrogens (primary N) is 1. The van der Waals surface area contributed by atoms with Gasteiger partial charge in [-0.1, -0.05) is 11.2 Å². The second-order valence-electron chi connectivity index (χ2n) is 3.20. The molecule has 2 aromatic rings. The number of hydrogen-bond acceptors (Lipinski definition) is 5. The van der Waals surface area contributed by atoms with Crippen molar-refractivity contribution in [1.82, 2.24) is 5.16 Å². The summed E-state index contributed by atoms with van der Waals surface area (Å²) in [6.07, 6.45) is 1.39. The molecule has 1 aromatic carbocycles. The molecule has 1 heterocycles. The Bertz CT molecular complexity index is 494. The minimum absolute atomic E-state index is 0.00722. The number of benzene rings is 1. The smallest absolute Gasteiger partial charge is 0.193 e. The van der Waals surface area contributed by atoms with Crippen LogP contribution in [0.5, 0.6) is 11.5 Å². The van der Waals surface area contributed by atoms with Crippen LogP contribution in [0.2, 0.25) is 0 Å². The average Bonchev–Trinajstić information content (AvgIpc) is 2.68. The Kier molecular flexibility index (Phi) is 2.68. The molecule has 0 saturated carbocycles. The van der Waals surface area contributed by atoms with E-state index in [1.54, 1.807) is 18.2 Å². The Morgan fingerprint density at radius 3 is 2.94 bits per heavy atom. The summed E-state index contributed by atoms with van der Waals surface area (Å²) in [6, 6.07) is 5.12. The zero-order chi connectivity index (χ0) is 11.5. The number of phenolic OH excluding ortho intramolecular Hbond substituents is 1. The van der Waals surface area contributed by atoms with Crippen LogP contribution < -0.4 is 10.5 Å². The van der Waals surface area contributed by atoms with E-state index in [0.717, 1.165) is 0 Å². The summed E-state index contributed by atoms with van der Waals surface area (Å²) in [5, 5.41) is 13.5. The highest BCUT2D eigenvalue weighted by Crippen LogP contribution is 2.38. The van der Waals surface area contributed by atoms with E-state index in [1.165, 1.54) is 6.20 Å². The van der Waals surface area contributed by atoms with E-state index in [4.69, 9.17) is 15.0 Å². The Balaban J connectivity index is 2.50. The maximum absolute atomic E-state index is 9.95. The molecule has 0 fully saturated rings. The molecule has 0 amide bonds. The van der Waals surface area contributed by atoms with E-state index in [-0.39, 0.29) is 5.75 Å². The van der Waals surface area contributed by atoms with Crippen LogP contribution in [-0.2, 0) is 0 Å². The van der Waals surface area contributed by atoms with Gasteiger partial charge in [-0.2, -0.15) is 0 Å². The van der Waals surface area contributed by atoms with Gasteiger partial charge in [0.2, 0.25) is 0 Å². The first-order valence-corrected chi connectivity index (χ1v) is 4.89. The van der Waals surface area contributed by atoms with Crippen molar-refractivity contribution < 1.29 is 14.4 Å². The zero-order valence-corrected chi connectivity index (χ0v) is 8.80. The molecule has 0 aliphatic heterocycles. The number of para-hydroxylation sites is 1. The van der Waals surface area contributed by atoms with Gasteiger partial charge in [0.15, 0.2) is 17.3 Å². The van der Waals surface area contributed by atoms with E-state index in [2.05, 4.69) is 5.16 Å². The fraction of sp³-hybridized carbons (Fsp3) is 0.182. The van der Waals surface area contributed by atoms with Gasteiger partial charge in [-0.3, -0.25) is 0 Å². The standard InChI is InChI=1S/C11H12N2O3/c1-2-15-9-5-3-4-7(10(9)14)11-8(12)6-13-16-11/h3-6,14H,2,12H2,1H3. The summed E-state index contributed by atoms with van der Waals surface area (Å²) in [5.41, 5.74) is 6.51. The number of anilines is 1. The first-order valence-electron chi connectivity index (χ1n) is 4.89. The van der Waals surface area contributed by atoms with E-state index < -0.39 is 0 Å². The summed E-state index contributed by atoms with van der Waals surface area (Å²) in [7, 11) is 0. The van der Waals surface area contributed by atoms with E-state index in [0.29, 0.717) is 29.4 Å². The number of nitrogens with zero attached hydrogens (tertiary/aromatic N) is 1. The molecule has 5 heteroatoms. The van der Waals surface area contributed by atoms with Crippen LogP contribution in [0.3, 0.4) is 0 Å². The molecule has 16 heavy (non-hydrogen) atoms. The first kappa shape index (κ1) is 10.4. The second kappa shape index (κ2) is 4.14. The van der Waals surface area contributed by atoms with E-state index in [1.807, 2.05) is 6.92 Å². The lowest BCUT2D eigenvalue weighted by molar-refractivity contribution is 0.318. The summed E-state index contributed by atoms with van der Waals surface area (Å²) in [6.45, 7) is 2.32. The number of hydrogen-bond donors (Lipinski definition) is 2. The Hall–Kier alpha value is -2.17. The van der Waals surface area contributed by atoms with Gasteiger partial charge in [-0.05, 0) is 19.1 Å². The number of aromatic nitrogens is 1. The van der Waals surface area contributed by atoms with E-state index in [9.17, 15) is 5.11 Å². The third-order valence-electron chi connectivity index (χ3n) is 2.14. The normalized spacial score (nSPS) is 10.3. The third-order valence-corrected chi connectivity index (χ3v) is 2.14. The molecule has 0 radical (unpaired) electrons. The zero-order valence-electron chi connectivity index (χ0n) is 8.80. The van der Waals surface area contributed by atoms with Crippen molar-refractivity contribution in [2.24, 2.45) is 0 Å². The van der Waals surface area contributed by atoms with Crippen LogP contribution in [0, 0.1) is 0 Å². The van der Waals surface area contributed by atoms with Crippen molar-refractivity contribution in [1.29, 1.82) is 0 Å². The van der Waals surface area contributed by atoms with Crippen LogP contribution >= 0.6 is 0 Å². The fourth-order valence-electron chi connectivity index (χ4n) is 1.43. The Morgan fingerprint density at radius 1 is 1.50 bits per heavy atom. The number of aromatic hydroxyl groups is 1. The van der Waals surface area contributed by atoms with Crippen molar-refractivity contribution in [2.75, 3.05) is 12.3 Å². The number of phenols is 1. The maximum Gasteiger partial charge on any atom is 0.193 e. The number of ether oxygens (including phenoxy) is 1. The first-order chi connectivity index (χ1) is 7.74. The SMILES string of the molecule is CCOc1cccc(-c2oncc2N)c1O. The van der Waals surface area contributed by atoms with Crippen molar-refractivity contribution >= 4 is 5.69 Å². The quantitative estimate of drug-likeness (QED) is 0.827. The predicted molar refractivity (Wildman–Crippen MR) is 59.2 cm³/mol. The topological polar surface area (TPSA) is 81.5 Å². The molecular weight excluding hydrogens is 208 g/mol. The van der Waals surface area contributed by atoms with Gasteiger partial charge in [-0.25, -0.2) is 0 Å². The van der Waals surface area contributed by atoms with Crippen LogP contribution in [-0.4, -0.2) is 16.9 Å². The molecule has 0 unspecified atom stereocenters. The van der Waals surface area contributed by atoms with Gasteiger partial charge in [0.25, 0.3) is 0 Å². The highest BCUT2D eigenvalue weighted by Gasteiger charge is 2.15. The maximum atomic E-state index is 9.95. The van der Waals surface area contributed by atoms with Crippen LogP contribution in [0.4, 0.5) is 5.69 Å². The lowest BCUT2D eigenvalue weighted by atomic mass is 10.1. The van der Waals surface area contributed by atoms with Gasteiger partial charge in [0.1, 0.15) is 5.69 Å². The molecule has 84 valence electrons. The van der Waals surface area contributed by atoms with Crippen LogP contribution in [0.15, 0.2) is 28.9 Å². The molecule has 0 saturated heterocycles. The summed E-state index contributed by atoms with van der Waals surface area (Å²) >= 11 is 0. The van der Waals surface area contributed by atoms with Gasteiger partial charge < -0.3 is 20.1 Å². The molecule has 3 N–H and O–H groups in total. The molecule has 0 aliphatic rings. The highest BCUT2D eigenvalue weighted by molar-refractivity contribution is 5.77. The molecule has 0 atom stereocenters. The van der Waals surface area contributed by atoms with Crippen molar-refractivity contribution in [3.8, 4) is 22.8 Å². The molecule has 0 spiro atoms. The van der Waals surface area contributed by atoms with Crippen LogP contribution in [0.1, 0.15) is 6.92 Å². The molecular formula is C11H12N2O3. The largest absolute Gasteiger partial charge is 0.504 e. The number of nitrogen functional groups attached to an aromatic ring is 1.